The van der Waals surface area contributed by atoms with Crippen LogP contribution in [0.2, 0.25) is 0 Å². The second-order valence-electron chi connectivity index (χ2n) is 5.28. The van der Waals surface area contributed by atoms with E-state index in [1.807, 2.05) is 23.9 Å². The number of fused-ring (bicyclic) bond motifs is 1. The number of hydrogen-bond acceptors (Lipinski definition) is 2. The number of hydrogen-bond donors (Lipinski definition) is 0. The molecule has 0 N–H and O–H groups in total. The number of rotatable bonds is 4. The van der Waals surface area contributed by atoms with Crippen molar-refractivity contribution in [2.45, 2.75) is 32.6 Å². The fourth-order valence-electron chi connectivity index (χ4n) is 2.79. The minimum absolute atomic E-state index is 0.384. The average molecular weight is 303 g/mol. The van der Waals surface area contributed by atoms with Gasteiger partial charge in [0, 0.05) is 7.05 Å². The Labute approximate surface area is 129 Å². The highest BCUT2D eigenvalue weighted by Gasteiger charge is 2.20. The Hall–Kier alpha value is -1.81. The summed E-state index contributed by atoms with van der Waals surface area (Å²) in [7, 11) is 1.97. The summed E-state index contributed by atoms with van der Waals surface area (Å²) < 4.78 is 4.04. The van der Waals surface area contributed by atoms with Crippen molar-refractivity contribution in [1.82, 2.24) is 19.3 Å². The van der Waals surface area contributed by atoms with Gasteiger partial charge in [-0.15, -0.1) is 11.6 Å². The fourth-order valence-corrected chi connectivity index (χ4v) is 2.97. The van der Waals surface area contributed by atoms with Crippen LogP contribution in [0, 0.1) is 6.92 Å². The van der Waals surface area contributed by atoms with Crippen LogP contribution in [-0.4, -0.2) is 19.3 Å². The molecule has 2 aromatic heterocycles. The van der Waals surface area contributed by atoms with Crippen molar-refractivity contribution in [2.75, 3.05) is 0 Å². The fraction of sp³-hybridized carbons (Fsp3) is 0.375. The highest BCUT2D eigenvalue weighted by molar-refractivity contribution is 6.17. The molecule has 3 rings (SSSR count). The number of aromatic nitrogens is 4. The molecule has 1 aromatic carbocycles. The summed E-state index contributed by atoms with van der Waals surface area (Å²) in [6.45, 7) is 4.25. The molecule has 0 aliphatic carbocycles. The molecule has 0 radical (unpaired) electrons. The van der Waals surface area contributed by atoms with Crippen molar-refractivity contribution in [1.29, 1.82) is 0 Å². The third kappa shape index (κ3) is 2.23. The van der Waals surface area contributed by atoms with Crippen LogP contribution in [0.4, 0.5) is 0 Å². The maximum Gasteiger partial charge on any atom is 0.163 e. The first kappa shape index (κ1) is 14.1. The molecule has 21 heavy (non-hydrogen) atoms. The Kier molecular flexibility index (Phi) is 3.72. The van der Waals surface area contributed by atoms with E-state index in [1.54, 1.807) is 0 Å². The second-order valence-corrected chi connectivity index (χ2v) is 5.54. The van der Waals surface area contributed by atoms with Crippen molar-refractivity contribution in [3.63, 3.8) is 0 Å². The van der Waals surface area contributed by atoms with Crippen LogP contribution < -0.4 is 0 Å². The lowest BCUT2D eigenvalue weighted by molar-refractivity contribution is 0.731. The van der Waals surface area contributed by atoms with E-state index in [4.69, 9.17) is 16.6 Å². The summed E-state index contributed by atoms with van der Waals surface area (Å²) in [5, 5.41) is 4.62. The molecule has 0 aliphatic heterocycles. The summed E-state index contributed by atoms with van der Waals surface area (Å²) in [6.07, 6.45) is 1.99. The van der Waals surface area contributed by atoms with Gasteiger partial charge < -0.3 is 0 Å². The van der Waals surface area contributed by atoms with E-state index in [2.05, 4.69) is 35.6 Å². The minimum atomic E-state index is 0.384. The Balaban J connectivity index is 2.33. The Morgan fingerprint density at radius 1 is 1.24 bits per heavy atom. The van der Waals surface area contributed by atoms with Crippen molar-refractivity contribution in [3.05, 3.63) is 41.3 Å². The van der Waals surface area contributed by atoms with E-state index in [0.29, 0.717) is 5.88 Å². The largest absolute Gasteiger partial charge is 0.280 e. The van der Waals surface area contributed by atoms with Gasteiger partial charge in [0.2, 0.25) is 0 Å². The molecule has 4 nitrogen and oxygen atoms in total. The van der Waals surface area contributed by atoms with E-state index in [1.165, 1.54) is 5.56 Å². The zero-order valence-corrected chi connectivity index (χ0v) is 13.4. The lowest BCUT2D eigenvalue weighted by atomic mass is 10.2. The molecule has 0 amide bonds. The number of alkyl halides is 1. The third-order valence-electron chi connectivity index (χ3n) is 3.74. The zero-order valence-electron chi connectivity index (χ0n) is 12.6. The molecule has 3 aromatic rings. The summed E-state index contributed by atoms with van der Waals surface area (Å²) in [5.74, 6) is 1.25. The molecule has 0 atom stereocenters. The van der Waals surface area contributed by atoms with E-state index < -0.39 is 0 Å². The van der Waals surface area contributed by atoms with Crippen molar-refractivity contribution < 1.29 is 0 Å². The number of aryl methyl sites for hydroxylation is 3. The van der Waals surface area contributed by atoms with E-state index >= 15 is 0 Å². The van der Waals surface area contributed by atoms with Crippen molar-refractivity contribution in [3.8, 4) is 5.69 Å². The molecule has 0 unspecified atom stereocenters. The summed E-state index contributed by atoms with van der Waals surface area (Å²) >= 11 is 6.13. The molecular formula is C16H19ClN4. The Morgan fingerprint density at radius 2 is 2.00 bits per heavy atom. The summed E-state index contributed by atoms with van der Waals surface area (Å²) in [4.78, 5) is 4.74. The number of para-hydroxylation sites is 1. The van der Waals surface area contributed by atoms with Crippen LogP contribution in [-0.2, 0) is 19.3 Å². The highest BCUT2D eigenvalue weighted by Crippen LogP contribution is 2.26. The number of imidazole rings is 1. The van der Waals surface area contributed by atoms with Crippen molar-refractivity contribution in [2.24, 2.45) is 7.05 Å². The summed E-state index contributed by atoms with van der Waals surface area (Å²) in [5.41, 5.74) is 5.35. The SMILES string of the molecule is CCCc1nn(C)c2c1nc(CCl)n2-c1ccccc1C. The van der Waals surface area contributed by atoms with Gasteiger partial charge in [-0.05, 0) is 25.0 Å². The van der Waals surface area contributed by atoms with Gasteiger partial charge in [0.1, 0.15) is 11.3 Å². The topological polar surface area (TPSA) is 35.6 Å². The lowest BCUT2D eigenvalue weighted by Crippen LogP contribution is -2.05. The van der Waals surface area contributed by atoms with Gasteiger partial charge in [0.15, 0.2) is 5.65 Å². The molecular weight excluding hydrogens is 284 g/mol. The van der Waals surface area contributed by atoms with Gasteiger partial charge in [0.25, 0.3) is 0 Å². The van der Waals surface area contributed by atoms with E-state index in [9.17, 15) is 0 Å². The average Bonchev–Trinajstić information content (AvgIpc) is 2.99. The van der Waals surface area contributed by atoms with Gasteiger partial charge in [0.05, 0.1) is 17.3 Å². The number of benzene rings is 1. The maximum atomic E-state index is 6.13. The Morgan fingerprint density at radius 3 is 2.67 bits per heavy atom. The third-order valence-corrected chi connectivity index (χ3v) is 3.97. The van der Waals surface area contributed by atoms with Gasteiger partial charge in [-0.2, -0.15) is 5.10 Å². The first-order valence-corrected chi connectivity index (χ1v) is 7.76. The van der Waals surface area contributed by atoms with Crippen molar-refractivity contribution >= 4 is 22.8 Å². The molecule has 0 saturated carbocycles. The highest BCUT2D eigenvalue weighted by atomic mass is 35.5. The predicted molar refractivity (Wildman–Crippen MR) is 86.1 cm³/mol. The van der Waals surface area contributed by atoms with Gasteiger partial charge in [-0.1, -0.05) is 31.5 Å². The Bertz CT molecular complexity index is 785. The molecule has 2 heterocycles. The number of nitrogens with zero attached hydrogens (tertiary/aromatic N) is 4. The van der Waals surface area contributed by atoms with E-state index in [0.717, 1.165) is 41.2 Å². The van der Waals surface area contributed by atoms with Crippen LogP contribution >= 0.6 is 11.6 Å². The molecule has 0 saturated heterocycles. The van der Waals surface area contributed by atoms with Crippen LogP contribution in [0.15, 0.2) is 24.3 Å². The molecule has 0 spiro atoms. The standard InChI is InChI=1S/C16H19ClN4/c1-4-7-12-15-16(20(3)19-12)21(14(10-17)18-15)13-9-6-5-8-11(13)2/h5-6,8-9H,4,7,10H2,1-3H3. The van der Waals surface area contributed by atoms with Crippen LogP contribution in [0.1, 0.15) is 30.4 Å². The van der Waals surface area contributed by atoms with Crippen LogP contribution in [0.3, 0.4) is 0 Å². The monoisotopic (exact) mass is 302 g/mol. The smallest absolute Gasteiger partial charge is 0.163 e. The van der Waals surface area contributed by atoms with Gasteiger partial charge in [-0.25, -0.2) is 9.67 Å². The molecule has 0 bridgehead atoms. The minimum Gasteiger partial charge on any atom is -0.280 e. The van der Waals surface area contributed by atoms with Crippen LogP contribution in [0.25, 0.3) is 16.9 Å². The maximum absolute atomic E-state index is 6.13. The second kappa shape index (κ2) is 5.53. The van der Waals surface area contributed by atoms with Gasteiger partial charge >= 0.3 is 0 Å². The van der Waals surface area contributed by atoms with Gasteiger partial charge in [-0.3, -0.25) is 4.57 Å². The first-order chi connectivity index (χ1) is 10.2. The zero-order chi connectivity index (χ0) is 15.0. The lowest BCUT2D eigenvalue weighted by Gasteiger charge is -2.10. The predicted octanol–water partition coefficient (Wildman–Crippen LogP) is 3.76. The van der Waals surface area contributed by atoms with Crippen LogP contribution in [0.5, 0.6) is 0 Å². The quantitative estimate of drug-likeness (QED) is 0.688. The normalized spacial score (nSPS) is 11.4. The summed E-state index contributed by atoms with van der Waals surface area (Å²) in [6, 6.07) is 8.27. The molecule has 0 aliphatic rings. The molecule has 0 fully saturated rings. The first-order valence-electron chi connectivity index (χ1n) is 7.22. The molecule has 110 valence electrons. The van der Waals surface area contributed by atoms with E-state index in [-0.39, 0.29) is 0 Å². The number of halogens is 1. The molecule has 5 heteroatoms.